The summed E-state index contributed by atoms with van der Waals surface area (Å²) in [4.78, 5) is 25.5. The Morgan fingerprint density at radius 3 is 2.85 bits per heavy atom. The first-order valence-electron chi connectivity index (χ1n) is 6.85. The van der Waals surface area contributed by atoms with Crippen LogP contribution in [0.15, 0.2) is 22.7 Å². The topological polar surface area (TPSA) is 49.4 Å². The van der Waals surface area contributed by atoms with E-state index in [1.165, 1.54) is 0 Å². The van der Waals surface area contributed by atoms with Crippen LogP contribution in [0.3, 0.4) is 0 Å². The highest BCUT2D eigenvalue weighted by Crippen LogP contribution is 2.30. The molecule has 4 nitrogen and oxygen atoms in total. The predicted octanol–water partition coefficient (Wildman–Crippen LogP) is 2.64. The Morgan fingerprint density at radius 2 is 2.15 bits per heavy atom. The maximum absolute atomic E-state index is 12.1. The number of carbonyl (C=O) groups excluding carboxylic acids is 2. The molecule has 2 rings (SSSR count). The lowest BCUT2D eigenvalue weighted by molar-refractivity contribution is -0.121. The van der Waals surface area contributed by atoms with Gasteiger partial charge < -0.3 is 10.2 Å². The first-order valence-corrected chi connectivity index (χ1v) is 7.65. The van der Waals surface area contributed by atoms with Gasteiger partial charge in [-0.15, -0.1) is 0 Å². The van der Waals surface area contributed by atoms with Gasteiger partial charge >= 0.3 is 0 Å². The molecule has 0 aliphatic carbocycles. The van der Waals surface area contributed by atoms with Gasteiger partial charge in [0, 0.05) is 35.6 Å². The number of aryl methyl sites for hydroxylation is 1. The highest BCUT2D eigenvalue weighted by Gasteiger charge is 2.24. The molecule has 0 saturated heterocycles. The average molecular weight is 339 g/mol. The average Bonchev–Trinajstić information content (AvgIpc) is 2.37. The van der Waals surface area contributed by atoms with E-state index in [9.17, 15) is 9.59 Å². The first kappa shape index (κ1) is 15.0. The normalized spacial score (nSPS) is 14.4. The summed E-state index contributed by atoms with van der Waals surface area (Å²) >= 11 is 3.45. The van der Waals surface area contributed by atoms with Crippen LogP contribution in [-0.2, 0) is 16.0 Å². The van der Waals surface area contributed by atoms with Crippen molar-refractivity contribution in [2.45, 2.75) is 39.2 Å². The van der Waals surface area contributed by atoms with E-state index in [-0.39, 0.29) is 17.9 Å². The summed E-state index contributed by atoms with van der Waals surface area (Å²) in [7, 11) is 0. The Labute approximate surface area is 127 Å². The fourth-order valence-electron chi connectivity index (χ4n) is 2.38. The number of nitrogens with zero attached hydrogens (tertiary/aromatic N) is 1. The van der Waals surface area contributed by atoms with Crippen molar-refractivity contribution in [2.24, 2.45) is 0 Å². The van der Waals surface area contributed by atoms with Crippen LogP contribution >= 0.6 is 15.9 Å². The molecule has 0 bridgehead atoms. The fraction of sp³-hybridized carbons (Fsp3) is 0.467. The van der Waals surface area contributed by atoms with Gasteiger partial charge in [0.15, 0.2) is 0 Å². The number of fused-ring (bicyclic) bond motifs is 1. The van der Waals surface area contributed by atoms with Crippen LogP contribution in [0.25, 0.3) is 0 Å². The molecular weight excluding hydrogens is 320 g/mol. The summed E-state index contributed by atoms with van der Waals surface area (Å²) in [5.74, 6) is 0.0780. The van der Waals surface area contributed by atoms with Crippen LogP contribution < -0.4 is 10.2 Å². The van der Waals surface area contributed by atoms with E-state index < -0.39 is 0 Å². The van der Waals surface area contributed by atoms with Crippen LogP contribution in [0, 0.1) is 0 Å². The van der Waals surface area contributed by atoms with Crippen molar-refractivity contribution in [1.29, 1.82) is 0 Å². The molecule has 2 amide bonds. The van der Waals surface area contributed by atoms with E-state index in [1.807, 2.05) is 32.0 Å². The SMILES string of the molecule is CC(C)NC(=O)CCN1C(=O)CCc2cc(Br)ccc21. The summed E-state index contributed by atoms with van der Waals surface area (Å²) < 4.78 is 1.02. The molecule has 20 heavy (non-hydrogen) atoms. The molecule has 5 heteroatoms. The Balaban J connectivity index is 2.08. The number of carbonyl (C=O) groups is 2. The van der Waals surface area contributed by atoms with Crippen LogP contribution in [-0.4, -0.2) is 24.4 Å². The molecule has 1 aliphatic rings. The summed E-state index contributed by atoms with van der Waals surface area (Å²) in [6.07, 6.45) is 1.61. The van der Waals surface area contributed by atoms with Gasteiger partial charge in [0.2, 0.25) is 11.8 Å². The third kappa shape index (κ3) is 3.60. The molecule has 0 saturated carbocycles. The quantitative estimate of drug-likeness (QED) is 0.917. The van der Waals surface area contributed by atoms with Crippen molar-refractivity contribution in [3.8, 4) is 0 Å². The zero-order valence-corrected chi connectivity index (χ0v) is 13.4. The van der Waals surface area contributed by atoms with Crippen LogP contribution in [0.4, 0.5) is 5.69 Å². The Kier molecular flexibility index (Phi) is 4.81. The van der Waals surface area contributed by atoms with Crippen LogP contribution in [0.2, 0.25) is 0 Å². The molecule has 0 fully saturated rings. The summed E-state index contributed by atoms with van der Waals surface area (Å²) in [5.41, 5.74) is 2.09. The molecular formula is C15H19BrN2O2. The summed E-state index contributed by atoms with van der Waals surface area (Å²) in [5, 5.41) is 2.85. The van der Waals surface area contributed by atoms with Gasteiger partial charge in [-0.25, -0.2) is 0 Å². The highest BCUT2D eigenvalue weighted by atomic mass is 79.9. The number of hydrogen-bond acceptors (Lipinski definition) is 2. The predicted molar refractivity (Wildman–Crippen MR) is 82.7 cm³/mol. The number of halogens is 1. The van der Waals surface area contributed by atoms with Gasteiger partial charge in [0.05, 0.1) is 0 Å². The molecule has 0 atom stereocenters. The lowest BCUT2D eigenvalue weighted by atomic mass is 10.0. The Hall–Kier alpha value is -1.36. The third-order valence-corrected chi connectivity index (χ3v) is 3.75. The van der Waals surface area contributed by atoms with E-state index in [2.05, 4.69) is 21.2 Å². The second kappa shape index (κ2) is 6.39. The number of benzene rings is 1. The summed E-state index contributed by atoms with van der Waals surface area (Å²) in [6.45, 7) is 4.29. The molecule has 0 spiro atoms. The van der Waals surface area contributed by atoms with Crippen molar-refractivity contribution in [2.75, 3.05) is 11.4 Å². The number of nitrogens with one attached hydrogen (secondary N) is 1. The molecule has 1 N–H and O–H groups in total. The van der Waals surface area contributed by atoms with Crippen molar-refractivity contribution < 1.29 is 9.59 Å². The zero-order valence-electron chi connectivity index (χ0n) is 11.8. The standard InChI is InChI=1S/C15H19BrN2O2/c1-10(2)17-14(19)7-8-18-13-5-4-12(16)9-11(13)3-6-15(18)20/h4-5,9-10H,3,6-8H2,1-2H3,(H,17,19). The van der Waals surface area contributed by atoms with Crippen molar-refractivity contribution in [1.82, 2.24) is 5.32 Å². The molecule has 1 aliphatic heterocycles. The van der Waals surface area contributed by atoms with Gasteiger partial charge in [-0.3, -0.25) is 9.59 Å². The van der Waals surface area contributed by atoms with E-state index in [1.54, 1.807) is 4.90 Å². The number of hydrogen-bond donors (Lipinski definition) is 1. The minimum atomic E-state index is -0.0166. The Morgan fingerprint density at radius 1 is 1.40 bits per heavy atom. The number of rotatable bonds is 4. The minimum absolute atomic E-state index is 0.0166. The molecule has 108 valence electrons. The van der Waals surface area contributed by atoms with Crippen LogP contribution in [0.5, 0.6) is 0 Å². The monoisotopic (exact) mass is 338 g/mol. The van der Waals surface area contributed by atoms with Crippen molar-refractivity contribution in [3.63, 3.8) is 0 Å². The van der Waals surface area contributed by atoms with E-state index in [0.29, 0.717) is 19.4 Å². The molecule has 0 unspecified atom stereocenters. The number of amides is 2. The molecule has 1 aromatic rings. The Bertz CT molecular complexity index is 529. The molecule has 1 heterocycles. The maximum atomic E-state index is 12.1. The van der Waals surface area contributed by atoms with Gasteiger partial charge in [-0.1, -0.05) is 15.9 Å². The van der Waals surface area contributed by atoms with Crippen molar-refractivity contribution in [3.05, 3.63) is 28.2 Å². The van der Waals surface area contributed by atoms with Gasteiger partial charge in [-0.05, 0) is 44.0 Å². The van der Waals surface area contributed by atoms with Crippen LogP contribution in [0.1, 0.15) is 32.3 Å². The van der Waals surface area contributed by atoms with Gasteiger partial charge in [-0.2, -0.15) is 0 Å². The third-order valence-electron chi connectivity index (χ3n) is 3.25. The lowest BCUT2D eigenvalue weighted by Gasteiger charge is -2.29. The van der Waals surface area contributed by atoms with E-state index >= 15 is 0 Å². The smallest absolute Gasteiger partial charge is 0.227 e. The molecule has 1 aromatic carbocycles. The van der Waals surface area contributed by atoms with Gasteiger partial charge in [0.25, 0.3) is 0 Å². The minimum Gasteiger partial charge on any atom is -0.354 e. The number of anilines is 1. The van der Waals surface area contributed by atoms with Crippen molar-refractivity contribution >= 4 is 33.4 Å². The maximum Gasteiger partial charge on any atom is 0.227 e. The first-order chi connectivity index (χ1) is 9.47. The van der Waals surface area contributed by atoms with Gasteiger partial charge in [0.1, 0.15) is 0 Å². The highest BCUT2D eigenvalue weighted by molar-refractivity contribution is 9.10. The lowest BCUT2D eigenvalue weighted by Crippen LogP contribution is -2.39. The largest absolute Gasteiger partial charge is 0.354 e. The second-order valence-corrected chi connectivity index (χ2v) is 6.21. The molecule has 0 aromatic heterocycles. The summed E-state index contributed by atoms with van der Waals surface area (Å²) in [6, 6.07) is 6.04. The zero-order chi connectivity index (χ0) is 14.7. The second-order valence-electron chi connectivity index (χ2n) is 5.29. The van der Waals surface area contributed by atoms with E-state index in [4.69, 9.17) is 0 Å². The fourth-order valence-corrected chi connectivity index (χ4v) is 2.79. The molecule has 0 radical (unpaired) electrons. The van der Waals surface area contributed by atoms with E-state index in [0.717, 1.165) is 22.1 Å².